The highest BCUT2D eigenvalue weighted by Gasteiger charge is 2.19. The average Bonchev–Trinajstić information content (AvgIpc) is 3.30. The standard InChI is InChI=1S/C23H15ClN4O2S/c1-31-17-9-5-8-16(13-17)28-23(29)19-11-3-2-10-18(19)20(26-28)22-25-21(27-30-22)14-6-4-7-15(24)12-14/h2-13H,1H3. The van der Waals surface area contributed by atoms with Crippen LogP contribution >= 0.6 is 23.4 Å². The highest BCUT2D eigenvalue weighted by atomic mass is 35.5. The van der Waals surface area contributed by atoms with Crippen LogP contribution in [0.3, 0.4) is 0 Å². The quantitative estimate of drug-likeness (QED) is 0.340. The molecule has 0 saturated carbocycles. The van der Waals surface area contributed by atoms with Gasteiger partial charge in [0.05, 0.1) is 11.1 Å². The van der Waals surface area contributed by atoms with Gasteiger partial charge in [-0.1, -0.05) is 53.2 Å². The maximum absolute atomic E-state index is 13.2. The Morgan fingerprint density at radius 1 is 0.968 bits per heavy atom. The van der Waals surface area contributed by atoms with Gasteiger partial charge in [-0.2, -0.15) is 14.8 Å². The Labute approximate surface area is 186 Å². The van der Waals surface area contributed by atoms with Crippen LogP contribution in [0.4, 0.5) is 0 Å². The minimum absolute atomic E-state index is 0.216. The van der Waals surface area contributed by atoms with E-state index in [1.54, 1.807) is 30.0 Å². The second kappa shape index (κ2) is 8.02. The summed E-state index contributed by atoms with van der Waals surface area (Å²) in [4.78, 5) is 18.7. The molecule has 5 rings (SSSR count). The minimum Gasteiger partial charge on any atom is -0.332 e. The van der Waals surface area contributed by atoms with Gasteiger partial charge in [0.15, 0.2) is 5.69 Å². The second-order valence-corrected chi connectivity index (χ2v) is 8.06. The predicted molar refractivity (Wildman–Crippen MR) is 123 cm³/mol. The SMILES string of the molecule is CSc1cccc(-n2nc(-c3nc(-c4cccc(Cl)c4)no3)c3ccccc3c2=O)c1. The molecule has 0 amide bonds. The van der Waals surface area contributed by atoms with E-state index < -0.39 is 0 Å². The molecule has 31 heavy (non-hydrogen) atoms. The summed E-state index contributed by atoms with van der Waals surface area (Å²) in [5.74, 6) is 0.617. The van der Waals surface area contributed by atoms with Gasteiger partial charge in [0.2, 0.25) is 5.82 Å². The molecule has 6 nitrogen and oxygen atoms in total. The van der Waals surface area contributed by atoms with Crippen molar-refractivity contribution in [1.82, 2.24) is 19.9 Å². The lowest BCUT2D eigenvalue weighted by Crippen LogP contribution is -2.22. The number of halogens is 1. The first kappa shape index (κ1) is 19.5. The first-order valence-electron chi connectivity index (χ1n) is 9.40. The van der Waals surface area contributed by atoms with Gasteiger partial charge in [-0.05, 0) is 42.7 Å². The first-order valence-corrected chi connectivity index (χ1v) is 11.0. The number of hydrogen-bond acceptors (Lipinski definition) is 6. The molecular weight excluding hydrogens is 432 g/mol. The van der Waals surface area contributed by atoms with Gasteiger partial charge in [0, 0.05) is 20.9 Å². The van der Waals surface area contributed by atoms with Crippen molar-refractivity contribution in [1.29, 1.82) is 0 Å². The van der Waals surface area contributed by atoms with Crippen LogP contribution in [0.5, 0.6) is 0 Å². The largest absolute Gasteiger partial charge is 0.332 e. The van der Waals surface area contributed by atoms with E-state index in [1.807, 2.05) is 60.9 Å². The number of fused-ring (bicyclic) bond motifs is 1. The van der Waals surface area contributed by atoms with Crippen molar-refractivity contribution >= 4 is 34.1 Å². The Kier molecular flexibility index (Phi) is 5.05. The second-order valence-electron chi connectivity index (χ2n) is 6.75. The van der Waals surface area contributed by atoms with Crippen molar-refractivity contribution < 1.29 is 4.52 Å². The van der Waals surface area contributed by atoms with Gasteiger partial charge in [-0.15, -0.1) is 11.8 Å². The zero-order valence-corrected chi connectivity index (χ0v) is 17.9. The molecule has 5 aromatic rings. The topological polar surface area (TPSA) is 73.8 Å². The first-order chi connectivity index (χ1) is 15.1. The Hall–Kier alpha value is -3.42. The molecule has 0 spiro atoms. The highest BCUT2D eigenvalue weighted by Crippen LogP contribution is 2.27. The molecule has 0 atom stereocenters. The Morgan fingerprint density at radius 3 is 2.58 bits per heavy atom. The van der Waals surface area contributed by atoms with E-state index in [-0.39, 0.29) is 11.4 Å². The molecular formula is C23H15ClN4O2S. The average molecular weight is 447 g/mol. The molecule has 2 aromatic heterocycles. The van der Waals surface area contributed by atoms with E-state index in [9.17, 15) is 4.79 Å². The van der Waals surface area contributed by atoms with Gasteiger partial charge < -0.3 is 4.52 Å². The molecule has 152 valence electrons. The van der Waals surface area contributed by atoms with E-state index in [0.717, 1.165) is 10.5 Å². The van der Waals surface area contributed by atoms with Crippen LogP contribution in [0.2, 0.25) is 5.02 Å². The van der Waals surface area contributed by atoms with Gasteiger partial charge in [-0.25, -0.2) is 0 Å². The smallest absolute Gasteiger partial charge is 0.279 e. The monoisotopic (exact) mass is 446 g/mol. The molecule has 2 heterocycles. The molecule has 0 radical (unpaired) electrons. The van der Waals surface area contributed by atoms with Gasteiger partial charge in [0.1, 0.15) is 0 Å². The van der Waals surface area contributed by atoms with Crippen molar-refractivity contribution in [2.45, 2.75) is 4.90 Å². The fourth-order valence-electron chi connectivity index (χ4n) is 3.33. The van der Waals surface area contributed by atoms with Crippen molar-refractivity contribution in [3.05, 3.63) is 88.2 Å². The Bertz CT molecular complexity index is 1480. The van der Waals surface area contributed by atoms with E-state index in [1.165, 1.54) is 4.68 Å². The van der Waals surface area contributed by atoms with Crippen LogP contribution < -0.4 is 5.56 Å². The van der Waals surface area contributed by atoms with Crippen LogP contribution in [0, 0.1) is 0 Å². The molecule has 0 aliphatic heterocycles. The molecule has 8 heteroatoms. The maximum Gasteiger partial charge on any atom is 0.279 e. The molecule has 0 aliphatic rings. The zero-order valence-electron chi connectivity index (χ0n) is 16.3. The van der Waals surface area contributed by atoms with Crippen molar-refractivity contribution in [2.24, 2.45) is 0 Å². The Morgan fingerprint density at radius 2 is 1.77 bits per heavy atom. The Balaban J connectivity index is 1.72. The third-order valence-electron chi connectivity index (χ3n) is 4.81. The lowest BCUT2D eigenvalue weighted by atomic mass is 10.1. The summed E-state index contributed by atoms with van der Waals surface area (Å²) in [6.45, 7) is 0. The number of aromatic nitrogens is 4. The molecule has 0 saturated heterocycles. The van der Waals surface area contributed by atoms with Crippen molar-refractivity contribution in [3.8, 4) is 28.7 Å². The molecule has 3 aromatic carbocycles. The fraction of sp³-hybridized carbons (Fsp3) is 0.0435. The number of nitrogens with zero attached hydrogens (tertiary/aromatic N) is 4. The molecule has 0 N–H and O–H groups in total. The van der Waals surface area contributed by atoms with Gasteiger partial charge >= 0.3 is 0 Å². The van der Waals surface area contributed by atoms with E-state index in [2.05, 4.69) is 15.2 Å². The maximum atomic E-state index is 13.2. The summed E-state index contributed by atoms with van der Waals surface area (Å²) >= 11 is 7.68. The fourth-order valence-corrected chi connectivity index (χ4v) is 3.97. The summed E-state index contributed by atoms with van der Waals surface area (Å²) in [7, 11) is 0. The summed E-state index contributed by atoms with van der Waals surface area (Å²) < 4.78 is 6.92. The van der Waals surface area contributed by atoms with Crippen LogP contribution in [0.1, 0.15) is 0 Å². The molecule has 0 aliphatic carbocycles. The molecule has 0 bridgehead atoms. The van der Waals surface area contributed by atoms with Crippen LogP contribution in [0.25, 0.3) is 39.4 Å². The van der Waals surface area contributed by atoms with E-state index in [0.29, 0.717) is 33.0 Å². The normalized spacial score (nSPS) is 11.2. The highest BCUT2D eigenvalue weighted by molar-refractivity contribution is 7.98. The predicted octanol–water partition coefficient (Wildman–Crippen LogP) is 5.48. The number of hydrogen-bond donors (Lipinski definition) is 0. The summed E-state index contributed by atoms with van der Waals surface area (Å²) in [6, 6.07) is 22.1. The number of benzene rings is 3. The van der Waals surface area contributed by atoms with Gasteiger partial charge in [0.25, 0.3) is 11.4 Å². The van der Waals surface area contributed by atoms with Crippen LogP contribution in [-0.4, -0.2) is 26.2 Å². The van der Waals surface area contributed by atoms with Crippen molar-refractivity contribution in [3.63, 3.8) is 0 Å². The summed E-state index contributed by atoms with van der Waals surface area (Å²) in [5.41, 5.74) is 1.61. The lowest BCUT2D eigenvalue weighted by molar-refractivity contribution is 0.430. The number of rotatable bonds is 4. The summed E-state index contributed by atoms with van der Waals surface area (Å²) in [6.07, 6.45) is 1.98. The third kappa shape index (κ3) is 3.62. The van der Waals surface area contributed by atoms with Crippen LogP contribution in [-0.2, 0) is 0 Å². The van der Waals surface area contributed by atoms with E-state index in [4.69, 9.17) is 16.1 Å². The van der Waals surface area contributed by atoms with Crippen LogP contribution in [0.15, 0.2) is 87.0 Å². The minimum atomic E-state index is -0.216. The third-order valence-corrected chi connectivity index (χ3v) is 5.77. The molecule has 0 fully saturated rings. The number of thioether (sulfide) groups is 1. The van der Waals surface area contributed by atoms with E-state index >= 15 is 0 Å². The zero-order chi connectivity index (χ0) is 21.4. The summed E-state index contributed by atoms with van der Waals surface area (Å²) in [5, 5.41) is 10.4. The lowest BCUT2D eigenvalue weighted by Gasteiger charge is -2.10. The van der Waals surface area contributed by atoms with Gasteiger partial charge in [-0.3, -0.25) is 4.79 Å². The van der Waals surface area contributed by atoms with Crippen molar-refractivity contribution in [2.75, 3.05) is 6.26 Å². The molecule has 0 unspecified atom stereocenters.